The fourth-order valence-electron chi connectivity index (χ4n) is 6.74. The smallest absolute Gasteiger partial charge is 0.335 e. The van der Waals surface area contributed by atoms with Gasteiger partial charge in [-0.1, -0.05) is 36.4 Å². The molecule has 0 saturated carbocycles. The summed E-state index contributed by atoms with van der Waals surface area (Å²) in [5.41, 5.74) is 14.8. The first-order valence-electron chi connectivity index (χ1n) is 18.9. The number of carboxylic acid groups (broad SMARTS) is 1. The highest BCUT2D eigenvalue weighted by atomic mass is 35.5. The summed E-state index contributed by atoms with van der Waals surface area (Å²) in [7, 11) is 0. The van der Waals surface area contributed by atoms with Crippen LogP contribution in [0.3, 0.4) is 0 Å². The van der Waals surface area contributed by atoms with Crippen LogP contribution in [0.2, 0.25) is 0 Å². The van der Waals surface area contributed by atoms with Gasteiger partial charge >= 0.3 is 5.97 Å². The molecule has 11 nitrogen and oxygen atoms in total. The predicted octanol–water partition coefficient (Wildman–Crippen LogP) is 8.48. The molecular weight excluding hydrogens is 748 g/mol. The summed E-state index contributed by atoms with van der Waals surface area (Å²) in [5, 5.41) is 44.3. The zero-order chi connectivity index (χ0) is 40.8. The first kappa shape index (κ1) is 42.6. The largest absolute Gasteiger partial charge is 0.478 e. The number of aromatic amines is 2. The molecule has 2 aliphatic rings. The maximum atomic E-state index is 12.9. The molecule has 2 fully saturated rings. The van der Waals surface area contributed by atoms with Gasteiger partial charge in [0.25, 0.3) is 5.91 Å². The number of carboxylic acids is 1. The molecule has 0 spiro atoms. The quantitative estimate of drug-likeness (QED) is 0.130. The fourth-order valence-corrected chi connectivity index (χ4v) is 6.74. The SMILES string of the molecule is Cc1ccc(C(=O)N2CC(c3ccc(C#N)cc3)C2)cc1-c1n[nH]c(C)c1C.Cc1ccc(C(=O)O)cc1-c1n[nH]c(C)c1C.Cl.N#Cc1ccc(C2CNC2)cc1. The number of halogens is 1. The van der Waals surface area contributed by atoms with Crippen molar-refractivity contribution in [1.29, 1.82) is 10.5 Å². The van der Waals surface area contributed by atoms with Gasteiger partial charge in [0.1, 0.15) is 0 Å². The number of likely N-dealkylation sites (tertiary alicyclic amines) is 1. The monoisotopic (exact) mass is 794 g/mol. The Morgan fingerprint density at radius 1 is 0.655 bits per heavy atom. The molecule has 12 heteroatoms. The van der Waals surface area contributed by atoms with E-state index in [0.717, 1.165) is 74.8 Å². The number of carbonyl (C=O) groups excluding carboxylic acids is 1. The van der Waals surface area contributed by atoms with Gasteiger partial charge in [-0.2, -0.15) is 20.7 Å². The van der Waals surface area contributed by atoms with Crippen LogP contribution in [-0.4, -0.2) is 68.5 Å². The average Bonchev–Trinajstić information content (AvgIpc) is 3.69. The standard InChI is InChI=1S/C23H22N4O.C13H14N2O2.C10H10N2.ClH/c1-14-4-7-19(10-21(14)22-15(2)16(3)25-26-22)23(28)27-12-20(13-27)18-8-5-17(11-24)6-9-18;1-7-4-5-10(13(16)17)6-11(7)12-8(2)9(3)14-15-12;11-5-8-1-3-9(4-2-8)10-6-12-7-10;/h4-10,20H,12-13H2,1-3H3,(H,25,26);4-6H,1-3H3,(H,14,15)(H,16,17);1-4,10,12H,6-7H2;1H. The number of rotatable bonds is 6. The van der Waals surface area contributed by atoms with Crippen LogP contribution in [0.25, 0.3) is 22.5 Å². The minimum Gasteiger partial charge on any atom is -0.478 e. The zero-order valence-corrected chi connectivity index (χ0v) is 34.3. The van der Waals surface area contributed by atoms with Crippen molar-refractivity contribution in [2.75, 3.05) is 26.2 Å². The molecule has 58 heavy (non-hydrogen) atoms. The normalized spacial score (nSPS) is 13.2. The number of H-pyrrole nitrogens is 2. The lowest BCUT2D eigenvalue weighted by Gasteiger charge is -2.39. The van der Waals surface area contributed by atoms with E-state index < -0.39 is 5.97 Å². The average molecular weight is 795 g/mol. The third kappa shape index (κ3) is 9.35. The molecular formula is C46H47ClN8O3. The number of nitriles is 2. The lowest BCUT2D eigenvalue weighted by atomic mass is 9.90. The maximum absolute atomic E-state index is 12.9. The number of nitrogens with zero attached hydrogens (tertiary/aromatic N) is 5. The molecule has 0 unspecified atom stereocenters. The maximum Gasteiger partial charge on any atom is 0.335 e. The summed E-state index contributed by atoms with van der Waals surface area (Å²) in [6, 6.07) is 30.7. The van der Waals surface area contributed by atoms with Crippen molar-refractivity contribution in [2.24, 2.45) is 0 Å². The third-order valence-electron chi connectivity index (χ3n) is 11.0. The number of amides is 1. The highest BCUT2D eigenvalue weighted by Gasteiger charge is 2.32. The van der Waals surface area contributed by atoms with Crippen LogP contribution < -0.4 is 5.32 Å². The van der Waals surface area contributed by atoms with E-state index in [1.807, 2.05) is 119 Å². The lowest BCUT2D eigenvalue weighted by molar-refractivity contribution is 0.0601. The Balaban J connectivity index is 0.000000181. The number of hydrogen-bond donors (Lipinski definition) is 4. The van der Waals surface area contributed by atoms with Gasteiger partial charge < -0.3 is 15.3 Å². The van der Waals surface area contributed by atoms with E-state index >= 15 is 0 Å². The van der Waals surface area contributed by atoms with Gasteiger partial charge in [0, 0.05) is 66.1 Å². The van der Waals surface area contributed by atoms with Gasteiger partial charge in [-0.15, -0.1) is 12.4 Å². The molecule has 1 amide bonds. The lowest BCUT2D eigenvalue weighted by Crippen LogP contribution is -2.48. The summed E-state index contributed by atoms with van der Waals surface area (Å²) >= 11 is 0. The number of aromatic carboxylic acids is 1. The summed E-state index contributed by atoms with van der Waals surface area (Å²) in [6.45, 7) is 15.5. The van der Waals surface area contributed by atoms with Crippen molar-refractivity contribution in [3.8, 4) is 34.7 Å². The number of aryl methyl sites for hydroxylation is 4. The Hall–Kier alpha value is -6.53. The number of aromatic nitrogens is 4. The molecule has 0 aliphatic carbocycles. The van der Waals surface area contributed by atoms with Gasteiger partial charge in [0.05, 0.1) is 40.2 Å². The third-order valence-corrected chi connectivity index (χ3v) is 11.0. The number of benzene rings is 4. The molecule has 0 atom stereocenters. The highest BCUT2D eigenvalue weighted by Crippen LogP contribution is 2.32. The second-order valence-corrected chi connectivity index (χ2v) is 14.7. The Bertz CT molecular complexity index is 2500. The second kappa shape index (κ2) is 18.6. The van der Waals surface area contributed by atoms with Gasteiger partial charge in [0.2, 0.25) is 0 Å². The van der Waals surface area contributed by atoms with E-state index in [-0.39, 0.29) is 23.9 Å². The number of nitrogens with one attached hydrogen (secondary N) is 3. The van der Waals surface area contributed by atoms with E-state index in [1.54, 1.807) is 12.1 Å². The van der Waals surface area contributed by atoms with Crippen molar-refractivity contribution in [3.63, 3.8) is 0 Å². The molecule has 2 aliphatic heterocycles. The molecule has 2 saturated heterocycles. The van der Waals surface area contributed by atoms with E-state index in [1.165, 1.54) is 11.1 Å². The summed E-state index contributed by atoms with van der Waals surface area (Å²) in [4.78, 5) is 25.8. The van der Waals surface area contributed by atoms with E-state index in [2.05, 4.69) is 37.8 Å². The summed E-state index contributed by atoms with van der Waals surface area (Å²) in [5.74, 6) is 0.128. The first-order chi connectivity index (χ1) is 27.4. The number of carbonyl (C=O) groups is 2. The van der Waals surface area contributed by atoms with Crippen molar-refractivity contribution in [2.45, 2.75) is 53.4 Å². The van der Waals surface area contributed by atoms with Crippen LogP contribution in [-0.2, 0) is 0 Å². The van der Waals surface area contributed by atoms with E-state index in [0.29, 0.717) is 36.1 Å². The van der Waals surface area contributed by atoms with Crippen molar-refractivity contribution in [3.05, 3.63) is 152 Å². The molecule has 4 heterocycles. The molecule has 6 aromatic rings. The fraction of sp³-hybridized carbons (Fsp3) is 0.261. The first-order valence-corrected chi connectivity index (χ1v) is 18.9. The van der Waals surface area contributed by atoms with Gasteiger partial charge in [-0.3, -0.25) is 15.0 Å². The zero-order valence-electron chi connectivity index (χ0n) is 33.5. The Morgan fingerprint density at radius 2 is 1.09 bits per heavy atom. The molecule has 4 aromatic carbocycles. The Labute approximate surface area is 345 Å². The predicted molar refractivity (Wildman–Crippen MR) is 227 cm³/mol. The number of hydrogen-bond acceptors (Lipinski definition) is 7. The topological polar surface area (TPSA) is 175 Å². The minimum absolute atomic E-state index is 0. The second-order valence-electron chi connectivity index (χ2n) is 14.7. The van der Waals surface area contributed by atoms with Crippen LogP contribution >= 0.6 is 12.4 Å². The van der Waals surface area contributed by atoms with Gasteiger partial charge in [-0.05, 0) is 123 Å². The van der Waals surface area contributed by atoms with Crippen LogP contribution in [0, 0.1) is 64.2 Å². The molecule has 2 aromatic heterocycles. The van der Waals surface area contributed by atoms with Crippen LogP contribution in [0.5, 0.6) is 0 Å². The molecule has 4 N–H and O–H groups in total. The molecule has 0 radical (unpaired) electrons. The molecule has 0 bridgehead atoms. The highest BCUT2D eigenvalue weighted by molar-refractivity contribution is 5.96. The van der Waals surface area contributed by atoms with Crippen LogP contribution in [0.15, 0.2) is 84.9 Å². The van der Waals surface area contributed by atoms with Gasteiger partial charge in [0.15, 0.2) is 0 Å². The van der Waals surface area contributed by atoms with Gasteiger partial charge in [-0.25, -0.2) is 4.79 Å². The molecule has 296 valence electrons. The minimum atomic E-state index is -0.920. The Morgan fingerprint density at radius 3 is 1.47 bits per heavy atom. The van der Waals surface area contributed by atoms with E-state index in [4.69, 9.17) is 15.6 Å². The van der Waals surface area contributed by atoms with Crippen LogP contribution in [0.1, 0.15) is 88.4 Å². The van der Waals surface area contributed by atoms with Crippen molar-refractivity contribution < 1.29 is 14.7 Å². The molecule has 8 rings (SSSR count). The Kier molecular flexibility index (Phi) is 13.7. The van der Waals surface area contributed by atoms with E-state index in [9.17, 15) is 9.59 Å². The summed E-state index contributed by atoms with van der Waals surface area (Å²) in [6.07, 6.45) is 0. The van der Waals surface area contributed by atoms with Crippen molar-refractivity contribution in [1.82, 2.24) is 30.6 Å². The van der Waals surface area contributed by atoms with Crippen LogP contribution in [0.4, 0.5) is 0 Å². The van der Waals surface area contributed by atoms with Crippen molar-refractivity contribution >= 4 is 24.3 Å². The summed E-state index contributed by atoms with van der Waals surface area (Å²) < 4.78 is 0.